The molecule has 12 nitrogen and oxygen atoms in total. The standard InChI is InChI=1S/C51H51N3O9/c1-58-49(55)46(40-19-25-43(26-20-40)61-31-37-13-7-4-8-14-37)52-34-53(47(50(56)59-2)41-21-27-44(28-22-41)62-32-38-15-9-5-10-16-38)36-54(35-52)48(51(57)60-3)42-23-29-45(30-24-42)63-33-39-17-11-6-12-18-39/h4-30,46-48H,31-36H2,1-3H3/t46-,47-,48-/m1/s1. The molecule has 6 aromatic carbocycles. The van der Waals surface area contributed by atoms with Crippen molar-refractivity contribution in [1.29, 1.82) is 0 Å². The van der Waals surface area contributed by atoms with E-state index in [0.29, 0.717) is 53.8 Å². The molecular formula is C51H51N3O9. The monoisotopic (exact) mass is 849 g/mol. The van der Waals surface area contributed by atoms with Crippen LogP contribution in [0.3, 0.4) is 0 Å². The van der Waals surface area contributed by atoms with Crippen molar-refractivity contribution in [2.75, 3.05) is 41.3 Å². The Hall–Kier alpha value is -6.99. The second kappa shape index (κ2) is 21.7. The Balaban J connectivity index is 1.21. The molecule has 7 rings (SSSR count). The van der Waals surface area contributed by atoms with E-state index in [9.17, 15) is 14.4 Å². The average molecular weight is 850 g/mol. The topological polar surface area (TPSA) is 116 Å². The number of nitrogens with zero attached hydrogens (tertiary/aromatic N) is 3. The largest absolute Gasteiger partial charge is 0.489 e. The molecular weight excluding hydrogens is 799 g/mol. The summed E-state index contributed by atoms with van der Waals surface area (Å²) < 4.78 is 34.5. The highest BCUT2D eigenvalue weighted by molar-refractivity contribution is 5.79. The number of methoxy groups -OCH3 is 3. The van der Waals surface area contributed by atoms with Gasteiger partial charge in [-0.15, -0.1) is 0 Å². The molecule has 0 saturated carbocycles. The van der Waals surface area contributed by atoms with E-state index in [-0.39, 0.29) is 20.0 Å². The van der Waals surface area contributed by atoms with Gasteiger partial charge in [0.1, 0.15) is 55.2 Å². The second-order valence-electron chi connectivity index (χ2n) is 15.0. The van der Waals surface area contributed by atoms with Crippen LogP contribution < -0.4 is 14.2 Å². The van der Waals surface area contributed by atoms with Crippen LogP contribution in [-0.4, -0.2) is 73.9 Å². The van der Waals surface area contributed by atoms with E-state index < -0.39 is 36.0 Å². The van der Waals surface area contributed by atoms with Gasteiger partial charge < -0.3 is 28.4 Å². The fourth-order valence-corrected chi connectivity index (χ4v) is 7.61. The molecule has 1 aliphatic rings. The smallest absolute Gasteiger partial charge is 0.327 e. The van der Waals surface area contributed by atoms with Gasteiger partial charge in [0.25, 0.3) is 0 Å². The maximum Gasteiger partial charge on any atom is 0.327 e. The zero-order valence-electron chi connectivity index (χ0n) is 35.6. The second-order valence-corrected chi connectivity index (χ2v) is 15.0. The van der Waals surface area contributed by atoms with Crippen LogP contribution in [0.4, 0.5) is 0 Å². The van der Waals surface area contributed by atoms with Crippen molar-refractivity contribution in [2.45, 2.75) is 37.9 Å². The molecule has 1 aliphatic heterocycles. The first-order valence-corrected chi connectivity index (χ1v) is 20.6. The lowest BCUT2D eigenvalue weighted by molar-refractivity contribution is -0.167. The van der Waals surface area contributed by atoms with Crippen LogP contribution in [0.5, 0.6) is 17.2 Å². The van der Waals surface area contributed by atoms with Gasteiger partial charge in [-0.1, -0.05) is 127 Å². The van der Waals surface area contributed by atoms with E-state index in [0.717, 1.165) is 16.7 Å². The Bertz CT molecular complexity index is 2090. The summed E-state index contributed by atoms with van der Waals surface area (Å²) in [5.74, 6) is 0.280. The summed E-state index contributed by atoms with van der Waals surface area (Å²) in [5.41, 5.74) is 4.93. The molecule has 0 aliphatic carbocycles. The van der Waals surface area contributed by atoms with Gasteiger partial charge in [-0.05, 0) is 69.8 Å². The number of hydrogen-bond acceptors (Lipinski definition) is 12. The van der Waals surface area contributed by atoms with Gasteiger partial charge in [0.15, 0.2) is 0 Å². The number of carbonyl (C=O) groups is 3. The summed E-state index contributed by atoms with van der Waals surface area (Å²) in [5, 5.41) is 0. The third-order valence-corrected chi connectivity index (χ3v) is 10.8. The number of hydrogen-bond donors (Lipinski definition) is 0. The SMILES string of the molecule is COC(=O)[C@@H](c1ccc(OCc2ccccc2)cc1)N1CN([C@@H](C(=O)OC)c2ccc(OCc3ccccc3)cc2)CN([C@@H](C(=O)OC)c2ccc(OCc3ccccc3)cc2)C1. The molecule has 0 radical (unpaired) electrons. The fraction of sp³-hybridized carbons (Fsp3) is 0.235. The minimum absolute atomic E-state index is 0.106. The molecule has 0 aromatic heterocycles. The molecule has 63 heavy (non-hydrogen) atoms. The molecule has 0 unspecified atom stereocenters. The van der Waals surface area contributed by atoms with Gasteiger partial charge in [0.2, 0.25) is 0 Å². The van der Waals surface area contributed by atoms with Crippen LogP contribution in [0.25, 0.3) is 0 Å². The average Bonchev–Trinajstić information content (AvgIpc) is 3.34. The van der Waals surface area contributed by atoms with Gasteiger partial charge >= 0.3 is 17.9 Å². The van der Waals surface area contributed by atoms with Gasteiger partial charge in [0, 0.05) is 0 Å². The van der Waals surface area contributed by atoms with Crippen LogP contribution in [0.2, 0.25) is 0 Å². The molecule has 1 heterocycles. The van der Waals surface area contributed by atoms with Crippen molar-refractivity contribution in [3.63, 3.8) is 0 Å². The van der Waals surface area contributed by atoms with Crippen molar-refractivity contribution in [3.05, 3.63) is 197 Å². The van der Waals surface area contributed by atoms with Crippen LogP contribution in [0.15, 0.2) is 164 Å². The number of ether oxygens (including phenoxy) is 6. The van der Waals surface area contributed by atoms with Crippen molar-refractivity contribution in [3.8, 4) is 17.2 Å². The van der Waals surface area contributed by atoms with E-state index in [4.69, 9.17) is 28.4 Å². The summed E-state index contributed by atoms with van der Waals surface area (Å²) in [6.07, 6.45) is 0. The summed E-state index contributed by atoms with van der Waals surface area (Å²) in [7, 11) is 4.01. The Kier molecular flexibility index (Phi) is 15.2. The van der Waals surface area contributed by atoms with Crippen LogP contribution in [0, 0.1) is 0 Å². The van der Waals surface area contributed by atoms with Crippen LogP contribution >= 0.6 is 0 Å². The fourth-order valence-electron chi connectivity index (χ4n) is 7.61. The van der Waals surface area contributed by atoms with Crippen molar-refractivity contribution >= 4 is 17.9 Å². The molecule has 3 atom stereocenters. The Morgan fingerprint density at radius 3 is 0.841 bits per heavy atom. The van der Waals surface area contributed by atoms with E-state index in [2.05, 4.69) is 0 Å². The van der Waals surface area contributed by atoms with Crippen LogP contribution in [0.1, 0.15) is 51.5 Å². The van der Waals surface area contributed by atoms with E-state index in [1.165, 1.54) is 21.3 Å². The highest BCUT2D eigenvalue weighted by Crippen LogP contribution is 2.36. The van der Waals surface area contributed by atoms with Gasteiger partial charge in [0.05, 0.1) is 41.3 Å². The molecule has 0 N–H and O–H groups in total. The number of esters is 3. The first-order chi connectivity index (χ1) is 30.8. The van der Waals surface area contributed by atoms with Gasteiger partial charge in [-0.25, -0.2) is 14.4 Å². The Labute approximate surface area is 368 Å². The predicted molar refractivity (Wildman–Crippen MR) is 236 cm³/mol. The highest BCUT2D eigenvalue weighted by atomic mass is 16.5. The third kappa shape index (κ3) is 11.5. The molecule has 324 valence electrons. The van der Waals surface area contributed by atoms with E-state index >= 15 is 0 Å². The van der Waals surface area contributed by atoms with Crippen LogP contribution in [-0.2, 0) is 48.4 Å². The lowest BCUT2D eigenvalue weighted by atomic mass is 10.0. The molecule has 1 saturated heterocycles. The first-order valence-electron chi connectivity index (χ1n) is 20.6. The predicted octanol–water partition coefficient (Wildman–Crippen LogP) is 8.26. The molecule has 0 bridgehead atoms. The van der Waals surface area contributed by atoms with Gasteiger partial charge in [-0.3, -0.25) is 14.7 Å². The minimum atomic E-state index is -0.956. The summed E-state index contributed by atoms with van der Waals surface area (Å²) in [6, 6.07) is 48.4. The van der Waals surface area contributed by atoms with Gasteiger partial charge in [-0.2, -0.15) is 0 Å². The maximum atomic E-state index is 13.9. The highest BCUT2D eigenvalue weighted by Gasteiger charge is 2.43. The molecule has 6 aromatic rings. The summed E-state index contributed by atoms with van der Waals surface area (Å²) >= 11 is 0. The van der Waals surface area contributed by atoms with E-state index in [1.54, 1.807) is 0 Å². The molecule has 0 amide bonds. The van der Waals surface area contributed by atoms with Crippen molar-refractivity contribution in [2.24, 2.45) is 0 Å². The Morgan fingerprint density at radius 1 is 0.381 bits per heavy atom. The zero-order valence-corrected chi connectivity index (χ0v) is 35.6. The van der Waals surface area contributed by atoms with E-state index in [1.807, 2.05) is 178 Å². The maximum absolute atomic E-state index is 13.9. The number of benzene rings is 6. The lowest BCUT2D eigenvalue weighted by Gasteiger charge is -2.48. The molecule has 12 heteroatoms. The lowest BCUT2D eigenvalue weighted by Crippen LogP contribution is -2.60. The third-order valence-electron chi connectivity index (χ3n) is 10.8. The number of rotatable bonds is 18. The first kappa shape index (κ1) is 44.1. The molecule has 1 fully saturated rings. The number of carbonyl (C=O) groups excluding carboxylic acids is 3. The zero-order chi connectivity index (χ0) is 44.0. The summed E-state index contributed by atoms with van der Waals surface area (Å²) in [4.78, 5) is 47.4. The normalized spacial score (nSPS) is 14.7. The summed E-state index contributed by atoms with van der Waals surface area (Å²) in [6.45, 7) is 1.44. The minimum Gasteiger partial charge on any atom is -0.489 e. The Morgan fingerprint density at radius 2 is 0.619 bits per heavy atom. The quantitative estimate of drug-likeness (QED) is 0.0613. The molecule has 0 spiro atoms. The van der Waals surface area contributed by atoms with Crippen molar-refractivity contribution < 1.29 is 42.8 Å². The van der Waals surface area contributed by atoms with Crippen molar-refractivity contribution in [1.82, 2.24) is 14.7 Å².